The van der Waals surface area contributed by atoms with Crippen molar-refractivity contribution in [3.63, 3.8) is 0 Å². The lowest BCUT2D eigenvalue weighted by atomic mass is 10.3. The summed E-state index contributed by atoms with van der Waals surface area (Å²) < 4.78 is 12.6. The van der Waals surface area contributed by atoms with Gasteiger partial charge in [0.05, 0.1) is 0 Å². The van der Waals surface area contributed by atoms with Gasteiger partial charge >= 0.3 is 0 Å². The fourth-order valence-corrected chi connectivity index (χ4v) is 2.05. The molecule has 1 N–H and O–H groups in total. The van der Waals surface area contributed by atoms with Crippen LogP contribution in [-0.2, 0) is 4.79 Å². The summed E-state index contributed by atoms with van der Waals surface area (Å²) in [7, 11) is 0. The molecule has 0 heterocycles. The Morgan fingerprint density at radius 1 is 1.41 bits per heavy atom. The van der Waals surface area contributed by atoms with E-state index in [-0.39, 0.29) is 11.7 Å². The van der Waals surface area contributed by atoms with Crippen LogP contribution in [0.25, 0.3) is 0 Å². The van der Waals surface area contributed by atoms with Crippen LogP contribution in [0, 0.1) is 5.82 Å². The molecule has 0 fully saturated rings. The van der Waals surface area contributed by atoms with Gasteiger partial charge in [0, 0.05) is 23.6 Å². The molecule has 1 aromatic carbocycles. The minimum atomic E-state index is -0.239. The van der Waals surface area contributed by atoms with Crippen LogP contribution in [0.2, 0.25) is 0 Å². The first-order valence-corrected chi connectivity index (χ1v) is 6.47. The summed E-state index contributed by atoms with van der Waals surface area (Å²) in [6, 6.07) is 6.28. The number of halogens is 1. The van der Waals surface area contributed by atoms with Crippen molar-refractivity contribution in [1.29, 1.82) is 0 Å². The lowest BCUT2D eigenvalue weighted by Crippen LogP contribution is -2.24. The van der Waals surface area contributed by atoms with Gasteiger partial charge in [-0.3, -0.25) is 4.79 Å². The molecule has 0 spiro atoms. The number of hydrogen-bond donors (Lipinski definition) is 1. The largest absolute Gasteiger partial charge is 0.356 e. The molecule has 92 valence electrons. The van der Waals surface area contributed by atoms with Crippen molar-refractivity contribution in [2.24, 2.45) is 0 Å². The van der Waals surface area contributed by atoms with Crippen LogP contribution >= 0.6 is 11.8 Å². The van der Waals surface area contributed by atoms with Crippen LogP contribution < -0.4 is 5.32 Å². The molecule has 1 rings (SSSR count). The molecule has 0 bridgehead atoms. The quantitative estimate of drug-likeness (QED) is 0.460. The standard InChI is InChI=1S/C13H16FNOS/c1-2-3-9-15-13(16)8-10-17-12-6-4-11(14)5-7-12/h2,4-7H,1,3,8-10H2,(H,15,16). The van der Waals surface area contributed by atoms with Crippen LogP contribution in [0.3, 0.4) is 0 Å². The SMILES string of the molecule is C=CCCNC(=O)CCSc1ccc(F)cc1. The van der Waals surface area contributed by atoms with Gasteiger partial charge in [-0.1, -0.05) is 6.08 Å². The van der Waals surface area contributed by atoms with Gasteiger partial charge in [-0.05, 0) is 30.7 Å². The second-order valence-corrected chi connectivity index (χ2v) is 4.65. The summed E-state index contributed by atoms with van der Waals surface area (Å²) in [5, 5.41) is 2.80. The Hall–Kier alpha value is -1.29. The van der Waals surface area contributed by atoms with Gasteiger partial charge in [-0.2, -0.15) is 0 Å². The van der Waals surface area contributed by atoms with Gasteiger partial charge in [0.25, 0.3) is 0 Å². The zero-order valence-corrected chi connectivity index (χ0v) is 10.4. The molecule has 0 radical (unpaired) electrons. The summed E-state index contributed by atoms with van der Waals surface area (Å²) in [5.41, 5.74) is 0. The van der Waals surface area contributed by atoms with Gasteiger partial charge in [-0.25, -0.2) is 4.39 Å². The minimum absolute atomic E-state index is 0.0430. The second-order valence-electron chi connectivity index (χ2n) is 3.48. The molecule has 4 heteroatoms. The van der Waals surface area contributed by atoms with Crippen molar-refractivity contribution >= 4 is 17.7 Å². The number of nitrogens with one attached hydrogen (secondary N) is 1. The fraction of sp³-hybridized carbons (Fsp3) is 0.308. The molecule has 0 aliphatic carbocycles. The zero-order chi connectivity index (χ0) is 12.5. The topological polar surface area (TPSA) is 29.1 Å². The molecule has 1 amide bonds. The summed E-state index contributed by atoms with van der Waals surface area (Å²) in [5.74, 6) is 0.504. The molecule has 0 unspecified atom stereocenters. The van der Waals surface area contributed by atoms with Crippen molar-refractivity contribution in [2.45, 2.75) is 17.7 Å². The molecule has 0 aromatic heterocycles. The van der Waals surface area contributed by atoms with E-state index in [1.165, 1.54) is 12.1 Å². The lowest BCUT2D eigenvalue weighted by molar-refractivity contribution is -0.120. The molecule has 0 aliphatic heterocycles. The van der Waals surface area contributed by atoms with E-state index in [1.807, 2.05) is 0 Å². The van der Waals surface area contributed by atoms with Crippen molar-refractivity contribution in [3.8, 4) is 0 Å². The number of thioether (sulfide) groups is 1. The number of carbonyl (C=O) groups is 1. The van der Waals surface area contributed by atoms with Gasteiger partial charge in [0.15, 0.2) is 0 Å². The van der Waals surface area contributed by atoms with Crippen LogP contribution in [0.5, 0.6) is 0 Å². The Bertz CT molecular complexity index is 364. The van der Waals surface area contributed by atoms with E-state index in [4.69, 9.17) is 0 Å². The smallest absolute Gasteiger partial charge is 0.220 e. The van der Waals surface area contributed by atoms with Crippen LogP contribution in [0.15, 0.2) is 41.8 Å². The highest BCUT2D eigenvalue weighted by molar-refractivity contribution is 7.99. The van der Waals surface area contributed by atoms with E-state index in [9.17, 15) is 9.18 Å². The number of carbonyl (C=O) groups excluding carboxylic acids is 1. The predicted octanol–water partition coefficient (Wildman–Crippen LogP) is 3.00. The van der Waals surface area contributed by atoms with Crippen molar-refractivity contribution in [2.75, 3.05) is 12.3 Å². The van der Waals surface area contributed by atoms with Gasteiger partial charge < -0.3 is 5.32 Å². The maximum atomic E-state index is 12.6. The molecule has 0 atom stereocenters. The first kappa shape index (κ1) is 13.8. The Morgan fingerprint density at radius 2 is 2.12 bits per heavy atom. The third-order valence-corrected chi connectivity index (χ3v) is 3.10. The van der Waals surface area contributed by atoms with Crippen molar-refractivity contribution in [1.82, 2.24) is 5.32 Å². The van der Waals surface area contributed by atoms with E-state index in [2.05, 4.69) is 11.9 Å². The molecule has 0 aliphatic rings. The van der Waals surface area contributed by atoms with E-state index >= 15 is 0 Å². The van der Waals surface area contributed by atoms with E-state index in [0.717, 1.165) is 11.3 Å². The highest BCUT2D eigenvalue weighted by Gasteiger charge is 2.01. The van der Waals surface area contributed by atoms with Gasteiger partial charge in [0.1, 0.15) is 5.82 Å². The lowest BCUT2D eigenvalue weighted by Gasteiger charge is -2.03. The molecule has 0 saturated carbocycles. The number of amides is 1. The summed E-state index contributed by atoms with van der Waals surface area (Å²) in [4.78, 5) is 12.3. The number of hydrogen-bond acceptors (Lipinski definition) is 2. The van der Waals surface area contributed by atoms with Crippen LogP contribution in [0.1, 0.15) is 12.8 Å². The van der Waals surface area contributed by atoms with Gasteiger partial charge in [0.2, 0.25) is 5.91 Å². The normalized spacial score (nSPS) is 9.94. The average Bonchev–Trinajstić information content (AvgIpc) is 2.32. The number of rotatable bonds is 7. The molecule has 17 heavy (non-hydrogen) atoms. The fourth-order valence-electron chi connectivity index (χ4n) is 1.19. The zero-order valence-electron chi connectivity index (χ0n) is 9.62. The van der Waals surface area contributed by atoms with Crippen molar-refractivity contribution < 1.29 is 9.18 Å². The third kappa shape index (κ3) is 6.12. The Kier molecular flexibility index (Phi) is 6.40. The summed E-state index contributed by atoms with van der Waals surface area (Å²) in [6.07, 6.45) is 3.03. The summed E-state index contributed by atoms with van der Waals surface area (Å²) >= 11 is 1.55. The second kappa shape index (κ2) is 7.90. The maximum Gasteiger partial charge on any atom is 0.220 e. The molecular formula is C13H16FNOS. The Labute approximate surface area is 105 Å². The predicted molar refractivity (Wildman–Crippen MR) is 69.6 cm³/mol. The summed E-state index contributed by atoms with van der Waals surface area (Å²) in [6.45, 7) is 4.22. The minimum Gasteiger partial charge on any atom is -0.356 e. The van der Waals surface area contributed by atoms with Crippen molar-refractivity contribution in [3.05, 3.63) is 42.7 Å². The van der Waals surface area contributed by atoms with Crippen LogP contribution in [0.4, 0.5) is 4.39 Å². The molecule has 0 saturated heterocycles. The number of benzene rings is 1. The van der Waals surface area contributed by atoms with Gasteiger partial charge in [-0.15, -0.1) is 18.3 Å². The monoisotopic (exact) mass is 253 g/mol. The van der Waals surface area contributed by atoms with Crippen LogP contribution in [-0.4, -0.2) is 18.2 Å². The third-order valence-electron chi connectivity index (χ3n) is 2.08. The Morgan fingerprint density at radius 3 is 2.76 bits per heavy atom. The van der Waals surface area contributed by atoms with E-state index in [0.29, 0.717) is 18.7 Å². The molecule has 2 nitrogen and oxygen atoms in total. The first-order chi connectivity index (χ1) is 8.22. The highest BCUT2D eigenvalue weighted by atomic mass is 32.2. The first-order valence-electron chi connectivity index (χ1n) is 5.48. The van der Waals surface area contributed by atoms with E-state index < -0.39 is 0 Å². The van der Waals surface area contributed by atoms with E-state index in [1.54, 1.807) is 30.0 Å². The Balaban J connectivity index is 2.16. The maximum absolute atomic E-state index is 12.6. The molecule has 1 aromatic rings. The average molecular weight is 253 g/mol. The molecular weight excluding hydrogens is 237 g/mol. The highest BCUT2D eigenvalue weighted by Crippen LogP contribution is 2.18.